The van der Waals surface area contributed by atoms with Gasteiger partial charge in [0.2, 0.25) is 0 Å². The molecule has 1 fully saturated rings. The van der Waals surface area contributed by atoms with E-state index in [0.29, 0.717) is 25.0 Å². The third-order valence-corrected chi connectivity index (χ3v) is 5.84. The standard InChI is InChI=1S/C23H30O2/c1-5-24-23(25-6-2)17(3)21(19-13-9-7-10-14-19)22(18(23)4)20-15-11-8-12-16-20/h7-18,21-22H,5-6H2,1-4H3/t17-,18-,21-,22+/m0/s1. The van der Waals surface area contributed by atoms with Crippen molar-refractivity contribution in [1.82, 2.24) is 0 Å². The van der Waals surface area contributed by atoms with Crippen molar-refractivity contribution >= 4 is 0 Å². The second-order valence-electron chi connectivity index (χ2n) is 7.04. The van der Waals surface area contributed by atoms with Crippen molar-refractivity contribution in [2.24, 2.45) is 11.8 Å². The van der Waals surface area contributed by atoms with Gasteiger partial charge in [0.1, 0.15) is 0 Å². The molecular weight excluding hydrogens is 308 g/mol. The molecule has 1 aliphatic carbocycles. The Labute approximate surface area is 152 Å². The minimum atomic E-state index is -0.537. The summed E-state index contributed by atoms with van der Waals surface area (Å²) >= 11 is 0. The summed E-state index contributed by atoms with van der Waals surface area (Å²) in [6.07, 6.45) is 0. The van der Waals surface area contributed by atoms with Gasteiger partial charge in [-0.25, -0.2) is 0 Å². The lowest BCUT2D eigenvalue weighted by atomic mass is 9.78. The van der Waals surface area contributed by atoms with Crippen LogP contribution in [-0.2, 0) is 9.47 Å². The van der Waals surface area contributed by atoms with E-state index in [9.17, 15) is 0 Å². The highest BCUT2D eigenvalue weighted by atomic mass is 16.7. The molecule has 4 atom stereocenters. The first kappa shape index (κ1) is 18.2. The smallest absolute Gasteiger partial charge is 0.174 e. The molecule has 0 radical (unpaired) electrons. The van der Waals surface area contributed by atoms with Crippen molar-refractivity contribution in [2.75, 3.05) is 13.2 Å². The summed E-state index contributed by atoms with van der Waals surface area (Å²) in [5.41, 5.74) is 2.74. The van der Waals surface area contributed by atoms with Crippen LogP contribution in [0.3, 0.4) is 0 Å². The quantitative estimate of drug-likeness (QED) is 0.637. The lowest BCUT2D eigenvalue weighted by Crippen LogP contribution is -2.44. The highest BCUT2D eigenvalue weighted by Crippen LogP contribution is 2.59. The molecule has 25 heavy (non-hydrogen) atoms. The van der Waals surface area contributed by atoms with E-state index >= 15 is 0 Å². The maximum atomic E-state index is 6.34. The summed E-state index contributed by atoms with van der Waals surface area (Å²) in [6, 6.07) is 21.7. The Hall–Kier alpha value is -1.64. The number of benzene rings is 2. The summed E-state index contributed by atoms with van der Waals surface area (Å²) in [6.45, 7) is 10.0. The van der Waals surface area contributed by atoms with E-state index in [2.05, 4.69) is 88.4 Å². The second-order valence-corrected chi connectivity index (χ2v) is 7.04. The minimum Gasteiger partial charge on any atom is -0.350 e. The van der Waals surface area contributed by atoms with Crippen LogP contribution in [0.4, 0.5) is 0 Å². The van der Waals surface area contributed by atoms with Crippen LogP contribution >= 0.6 is 0 Å². The fourth-order valence-electron chi connectivity index (χ4n) is 4.90. The number of hydrogen-bond acceptors (Lipinski definition) is 2. The molecule has 2 aromatic rings. The Kier molecular flexibility index (Phi) is 5.61. The van der Waals surface area contributed by atoms with Gasteiger partial charge in [0, 0.05) is 25.0 Å². The average Bonchev–Trinajstić information content (AvgIpc) is 2.86. The van der Waals surface area contributed by atoms with Crippen molar-refractivity contribution in [2.45, 2.75) is 45.3 Å². The van der Waals surface area contributed by atoms with Crippen LogP contribution in [0.5, 0.6) is 0 Å². The first-order chi connectivity index (χ1) is 12.2. The second kappa shape index (κ2) is 7.72. The predicted molar refractivity (Wildman–Crippen MR) is 103 cm³/mol. The van der Waals surface area contributed by atoms with Crippen LogP contribution in [-0.4, -0.2) is 19.0 Å². The summed E-state index contributed by atoms with van der Waals surface area (Å²) in [5, 5.41) is 0. The number of rotatable bonds is 6. The topological polar surface area (TPSA) is 18.5 Å². The fourth-order valence-corrected chi connectivity index (χ4v) is 4.90. The van der Waals surface area contributed by atoms with Crippen LogP contribution in [0.1, 0.15) is 50.7 Å². The third kappa shape index (κ3) is 3.14. The molecule has 2 nitrogen and oxygen atoms in total. The predicted octanol–water partition coefficient (Wildman–Crippen LogP) is 5.61. The van der Waals surface area contributed by atoms with Gasteiger partial charge in [-0.1, -0.05) is 74.5 Å². The van der Waals surface area contributed by atoms with Crippen LogP contribution in [0, 0.1) is 11.8 Å². The number of ether oxygens (including phenoxy) is 2. The van der Waals surface area contributed by atoms with E-state index in [1.165, 1.54) is 11.1 Å². The third-order valence-electron chi connectivity index (χ3n) is 5.84. The van der Waals surface area contributed by atoms with Gasteiger partial charge in [-0.3, -0.25) is 0 Å². The van der Waals surface area contributed by atoms with Gasteiger partial charge in [-0.2, -0.15) is 0 Å². The Bertz CT molecular complexity index is 593. The molecule has 0 spiro atoms. The molecular formula is C23H30O2. The first-order valence-electron chi connectivity index (χ1n) is 9.53. The molecule has 3 rings (SSSR count). The van der Waals surface area contributed by atoms with Gasteiger partial charge in [0.25, 0.3) is 0 Å². The van der Waals surface area contributed by atoms with Crippen LogP contribution in [0.15, 0.2) is 60.7 Å². The van der Waals surface area contributed by atoms with Crippen molar-refractivity contribution in [1.29, 1.82) is 0 Å². The molecule has 2 heteroatoms. The molecule has 0 N–H and O–H groups in total. The molecule has 0 heterocycles. The Morgan fingerprint density at radius 2 is 1.04 bits per heavy atom. The Morgan fingerprint density at radius 1 is 0.680 bits per heavy atom. The molecule has 2 aromatic carbocycles. The first-order valence-corrected chi connectivity index (χ1v) is 9.53. The van der Waals surface area contributed by atoms with E-state index in [0.717, 1.165) is 0 Å². The summed E-state index contributed by atoms with van der Waals surface area (Å²) in [5.74, 6) is 0.753. The molecule has 0 aromatic heterocycles. The Morgan fingerprint density at radius 3 is 1.36 bits per heavy atom. The van der Waals surface area contributed by atoms with E-state index in [4.69, 9.17) is 9.47 Å². The van der Waals surface area contributed by atoms with Gasteiger partial charge < -0.3 is 9.47 Å². The molecule has 0 aliphatic heterocycles. The van der Waals surface area contributed by atoms with Crippen LogP contribution in [0.2, 0.25) is 0 Å². The zero-order chi connectivity index (χ0) is 17.9. The van der Waals surface area contributed by atoms with Crippen LogP contribution < -0.4 is 0 Å². The highest BCUT2D eigenvalue weighted by molar-refractivity contribution is 5.34. The van der Waals surface area contributed by atoms with Gasteiger partial charge in [-0.05, 0) is 36.8 Å². The van der Waals surface area contributed by atoms with E-state index in [1.54, 1.807) is 0 Å². The van der Waals surface area contributed by atoms with Crippen LogP contribution in [0.25, 0.3) is 0 Å². The molecule has 0 saturated heterocycles. The monoisotopic (exact) mass is 338 g/mol. The lowest BCUT2D eigenvalue weighted by Gasteiger charge is -2.38. The van der Waals surface area contributed by atoms with Gasteiger partial charge in [0.15, 0.2) is 5.79 Å². The van der Waals surface area contributed by atoms with E-state index < -0.39 is 5.79 Å². The molecule has 1 aliphatic rings. The van der Waals surface area contributed by atoms with Crippen molar-refractivity contribution in [3.05, 3.63) is 71.8 Å². The normalized spacial score (nSPS) is 28.2. The zero-order valence-electron chi connectivity index (χ0n) is 15.8. The summed E-state index contributed by atoms with van der Waals surface area (Å²) < 4.78 is 12.7. The fraction of sp³-hybridized carbons (Fsp3) is 0.478. The summed E-state index contributed by atoms with van der Waals surface area (Å²) in [7, 11) is 0. The van der Waals surface area contributed by atoms with Crippen molar-refractivity contribution in [3.8, 4) is 0 Å². The summed E-state index contributed by atoms with van der Waals surface area (Å²) in [4.78, 5) is 0. The Balaban J connectivity index is 2.12. The maximum absolute atomic E-state index is 6.34. The van der Waals surface area contributed by atoms with Crippen molar-refractivity contribution in [3.63, 3.8) is 0 Å². The average molecular weight is 338 g/mol. The highest BCUT2D eigenvalue weighted by Gasteiger charge is 2.59. The molecule has 0 unspecified atom stereocenters. The largest absolute Gasteiger partial charge is 0.350 e. The molecule has 0 amide bonds. The van der Waals surface area contributed by atoms with Crippen molar-refractivity contribution < 1.29 is 9.47 Å². The molecule has 1 saturated carbocycles. The van der Waals surface area contributed by atoms with E-state index in [1.807, 2.05) is 0 Å². The zero-order valence-corrected chi connectivity index (χ0v) is 15.8. The SMILES string of the molecule is CCOC1(OCC)[C@@H](C)[C@H](c2ccccc2)[C@H](c2ccccc2)[C@@H]1C. The van der Waals surface area contributed by atoms with Gasteiger partial charge in [-0.15, -0.1) is 0 Å². The minimum absolute atomic E-state index is 0.273. The maximum Gasteiger partial charge on any atom is 0.174 e. The van der Waals surface area contributed by atoms with Gasteiger partial charge in [0.05, 0.1) is 0 Å². The molecule has 134 valence electrons. The lowest BCUT2D eigenvalue weighted by molar-refractivity contribution is -0.272. The van der Waals surface area contributed by atoms with Gasteiger partial charge >= 0.3 is 0 Å². The molecule has 0 bridgehead atoms. The number of hydrogen-bond donors (Lipinski definition) is 0. The van der Waals surface area contributed by atoms with E-state index in [-0.39, 0.29) is 11.8 Å².